The maximum absolute atomic E-state index is 4.43. The van der Waals surface area contributed by atoms with Gasteiger partial charge in [0.05, 0.1) is 17.6 Å². The lowest BCUT2D eigenvalue weighted by molar-refractivity contribution is 0.299. The Hall–Kier alpha value is -3.45. The fraction of sp³-hybridized carbons (Fsp3) is 0.320. The van der Waals surface area contributed by atoms with Crippen LogP contribution in [0.15, 0.2) is 48.9 Å². The van der Waals surface area contributed by atoms with E-state index < -0.39 is 0 Å². The number of rotatable bonds is 3. The highest BCUT2D eigenvalue weighted by atomic mass is 15.4. The van der Waals surface area contributed by atoms with Gasteiger partial charge in [-0.2, -0.15) is 5.10 Å². The molecule has 0 saturated carbocycles. The van der Waals surface area contributed by atoms with Crippen LogP contribution in [0.3, 0.4) is 0 Å². The molecule has 3 aromatic heterocycles. The molecule has 0 amide bonds. The Bertz CT molecular complexity index is 1340. The average Bonchev–Trinajstić information content (AvgIpc) is 3.50. The normalized spacial score (nSPS) is 21.7. The van der Waals surface area contributed by atoms with Gasteiger partial charge < -0.3 is 10.3 Å². The van der Waals surface area contributed by atoms with Crippen molar-refractivity contribution in [3.05, 3.63) is 71.4 Å². The molecule has 0 radical (unpaired) electrons. The maximum Gasteiger partial charge on any atom is 0.0918 e. The van der Waals surface area contributed by atoms with Gasteiger partial charge in [0.2, 0.25) is 0 Å². The number of benzene rings is 1. The molecule has 2 N–H and O–H groups in total. The van der Waals surface area contributed by atoms with Gasteiger partial charge in [-0.25, -0.2) is 4.68 Å². The van der Waals surface area contributed by atoms with Gasteiger partial charge in [0.15, 0.2) is 0 Å². The van der Waals surface area contributed by atoms with Crippen molar-refractivity contribution in [1.29, 1.82) is 0 Å². The zero-order chi connectivity index (χ0) is 21.9. The van der Waals surface area contributed by atoms with Crippen molar-refractivity contribution in [3.8, 4) is 22.4 Å². The zero-order valence-electron chi connectivity index (χ0n) is 18.6. The molecular weight excluding hydrogens is 398 g/mol. The van der Waals surface area contributed by atoms with E-state index in [-0.39, 0.29) is 11.6 Å². The summed E-state index contributed by atoms with van der Waals surface area (Å²) in [6.07, 6.45) is 12.4. The van der Waals surface area contributed by atoms with Crippen molar-refractivity contribution in [2.24, 2.45) is 7.05 Å². The predicted molar refractivity (Wildman–Crippen MR) is 125 cm³/mol. The fourth-order valence-corrected chi connectivity index (χ4v) is 5.31. The average molecular weight is 426 g/mol. The molecule has 4 heterocycles. The van der Waals surface area contributed by atoms with Gasteiger partial charge in [0.25, 0.3) is 0 Å². The predicted octanol–water partition coefficient (Wildman–Crippen LogP) is 4.35. The molecule has 1 aromatic carbocycles. The number of hydrogen-bond donors (Lipinski definition) is 2. The number of hydrogen-bond acceptors (Lipinski definition) is 4. The van der Waals surface area contributed by atoms with Crippen LogP contribution in [0.5, 0.6) is 0 Å². The van der Waals surface area contributed by atoms with Crippen LogP contribution in [-0.2, 0) is 19.1 Å². The Morgan fingerprint density at radius 1 is 1.22 bits per heavy atom. The third-order valence-corrected chi connectivity index (χ3v) is 6.93. The van der Waals surface area contributed by atoms with Crippen LogP contribution in [0.2, 0.25) is 0 Å². The minimum absolute atomic E-state index is 0.143. The first kappa shape index (κ1) is 19.3. The summed E-state index contributed by atoms with van der Waals surface area (Å²) in [4.78, 5) is 3.37. The largest absolute Gasteiger partial charge is 0.361 e. The van der Waals surface area contributed by atoms with E-state index in [4.69, 9.17) is 0 Å². The van der Waals surface area contributed by atoms with Crippen LogP contribution < -0.4 is 5.32 Å². The summed E-state index contributed by atoms with van der Waals surface area (Å²) < 4.78 is 3.91. The summed E-state index contributed by atoms with van der Waals surface area (Å²) in [6, 6.07) is 9.12. The van der Waals surface area contributed by atoms with Crippen molar-refractivity contribution in [1.82, 2.24) is 35.1 Å². The lowest BCUT2D eigenvalue weighted by atomic mass is 9.82. The van der Waals surface area contributed by atoms with Crippen LogP contribution >= 0.6 is 0 Å². The molecule has 2 atom stereocenters. The van der Waals surface area contributed by atoms with E-state index in [1.54, 1.807) is 0 Å². The van der Waals surface area contributed by atoms with E-state index >= 15 is 0 Å². The SMILES string of the molecule is Cc1nnn2c1-c1ccc(-c3cnn(C)c3)cc1C(N[C@@]1(C)CC=Cc3[nH]ccc31)CC2. The molecule has 32 heavy (non-hydrogen) atoms. The quantitative estimate of drug-likeness (QED) is 0.512. The van der Waals surface area contributed by atoms with Crippen LogP contribution in [0.4, 0.5) is 0 Å². The van der Waals surface area contributed by atoms with Crippen molar-refractivity contribution in [2.45, 2.75) is 44.8 Å². The lowest BCUT2D eigenvalue weighted by Gasteiger charge is -2.37. The number of fused-ring (bicyclic) bond motifs is 4. The number of aromatic nitrogens is 6. The minimum Gasteiger partial charge on any atom is -0.361 e. The Labute approximate surface area is 187 Å². The molecule has 7 nitrogen and oxygen atoms in total. The summed E-state index contributed by atoms with van der Waals surface area (Å²) in [7, 11) is 1.96. The van der Waals surface area contributed by atoms with Crippen LogP contribution in [0.1, 0.15) is 48.3 Å². The number of aromatic amines is 1. The van der Waals surface area contributed by atoms with E-state index in [9.17, 15) is 0 Å². The second-order valence-corrected chi connectivity index (χ2v) is 9.18. The van der Waals surface area contributed by atoms with E-state index in [2.05, 4.69) is 79.9 Å². The Morgan fingerprint density at radius 2 is 2.12 bits per heavy atom. The molecule has 0 fully saturated rings. The van der Waals surface area contributed by atoms with Gasteiger partial charge in [-0.15, -0.1) is 5.10 Å². The van der Waals surface area contributed by atoms with Gasteiger partial charge in [-0.3, -0.25) is 4.68 Å². The highest BCUT2D eigenvalue weighted by Crippen LogP contribution is 2.41. The summed E-state index contributed by atoms with van der Waals surface area (Å²) in [5, 5.41) is 17.2. The molecule has 2 aliphatic rings. The molecule has 0 bridgehead atoms. The highest BCUT2D eigenvalue weighted by molar-refractivity contribution is 5.73. The number of nitrogens with one attached hydrogen (secondary N) is 2. The fourth-order valence-electron chi connectivity index (χ4n) is 5.31. The Morgan fingerprint density at radius 3 is 2.97 bits per heavy atom. The second-order valence-electron chi connectivity index (χ2n) is 9.18. The molecule has 4 aromatic rings. The summed E-state index contributed by atoms with van der Waals surface area (Å²) >= 11 is 0. The molecule has 162 valence electrons. The summed E-state index contributed by atoms with van der Waals surface area (Å²) in [6.45, 7) is 5.19. The van der Waals surface area contributed by atoms with Crippen LogP contribution in [-0.4, -0.2) is 29.8 Å². The highest BCUT2D eigenvalue weighted by Gasteiger charge is 2.35. The molecule has 0 spiro atoms. The van der Waals surface area contributed by atoms with Gasteiger partial charge in [-0.1, -0.05) is 23.4 Å². The minimum atomic E-state index is -0.143. The molecule has 1 unspecified atom stereocenters. The maximum atomic E-state index is 4.43. The topological polar surface area (TPSA) is 76.3 Å². The van der Waals surface area contributed by atoms with Crippen molar-refractivity contribution < 1.29 is 0 Å². The van der Waals surface area contributed by atoms with Crippen molar-refractivity contribution in [2.75, 3.05) is 0 Å². The second kappa shape index (κ2) is 7.03. The molecule has 0 saturated heterocycles. The molecule has 1 aliphatic heterocycles. The molecule has 1 aliphatic carbocycles. The lowest BCUT2D eigenvalue weighted by Crippen LogP contribution is -2.43. The standard InChI is InChI=1S/C25H27N7/c1-16-24-19-7-6-17(18-14-27-31(3)15-18)13-20(19)22(9-12-32(24)30-29-16)28-25(2)10-4-5-23-21(25)8-11-26-23/h4-8,11,13-15,22,26,28H,9-10,12H2,1-3H3/t22?,25-/m0/s1. The first-order valence-corrected chi connectivity index (χ1v) is 11.2. The first-order valence-electron chi connectivity index (χ1n) is 11.2. The van der Waals surface area contributed by atoms with Gasteiger partial charge >= 0.3 is 0 Å². The van der Waals surface area contributed by atoms with Crippen molar-refractivity contribution >= 4 is 6.08 Å². The molecular formula is C25H27N7. The Kier molecular flexibility index (Phi) is 4.23. The summed E-state index contributed by atoms with van der Waals surface area (Å²) in [5.74, 6) is 0. The number of H-pyrrole nitrogens is 1. The smallest absolute Gasteiger partial charge is 0.0918 e. The number of nitrogens with zero attached hydrogens (tertiary/aromatic N) is 5. The van der Waals surface area contributed by atoms with E-state index in [0.717, 1.165) is 36.3 Å². The monoisotopic (exact) mass is 425 g/mol. The summed E-state index contributed by atoms with van der Waals surface area (Å²) in [5.41, 5.74) is 9.28. The molecule has 7 heteroatoms. The van der Waals surface area contributed by atoms with E-state index in [1.165, 1.54) is 27.9 Å². The van der Waals surface area contributed by atoms with Crippen molar-refractivity contribution in [3.63, 3.8) is 0 Å². The Balaban J connectivity index is 1.47. The van der Waals surface area contributed by atoms with Gasteiger partial charge in [0.1, 0.15) is 0 Å². The van der Waals surface area contributed by atoms with E-state index in [0.29, 0.717) is 0 Å². The van der Waals surface area contributed by atoms with Crippen LogP contribution in [0.25, 0.3) is 28.5 Å². The third-order valence-electron chi connectivity index (χ3n) is 6.93. The molecule has 6 rings (SSSR count). The zero-order valence-corrected chi connectivity index (χ0v) is 18.6. The van der Waals surface area contributed by atoms with Gasteiger partial charge in [0, 0.05) is 54.4 Å². The third kappa shape index (κ3) is 2.96. The number of aryl methyl sites for hydroxylation is 3. The van der Waals surface area contributed by atoms with E-state index in [1.807, 2.05) is 31.0 Å². The first-order chi connectivity index (χ1) is 15.5. The van der Waals surface area contributed by atoms with Crippen LogP contribution in [0, 0.1) is 6.92 Å². The van der Waals surface area contributed by atoms with Gasteiger partial charge in [-0.05, 0) is 61.6 Å².